The molecule has 7 heteroatoms. The van der Waals surface area contributed by atoms with Crippen molar-refractivity contribution < 1.29 is 9.47 Å². The van der Waals surface area contributed by atoms with Gasteiger partial charge in [-0.05, 0) is 44.4 Å². The Bertz CT molecular complexity index is 894. The molecular formula is C20H25N5O2. The average Bonchev–Trinajstić information content (AvgIpc) is 2.95. The molecule has 4 rings (SSSR count). The first kappa shape index (κ1) is 17.6. The van der Waals surface area contributed by atoms with Gasteiger partial charge in [-0.2, -0.15) is 4.98 Å². The second-order valence-corrected chi connectivity index (χ2v) is 6.79. The number of fused-ring (bicyclic) bond motifs is 1. The van der Waals surface area contributed by atoms with E-state index in [0.717, 1.165) is 65.8 Å². The molecule has 7 nitrogen and oxygen atoms in total. The minimum Gasteiger partial charge on any atom is -0.453 e. The lowest BCUT2D eigenvalue weighted by molar-refractivity contribution is 0.173. The summed E-state index contributed by atoms with van der Waals surface area (Å²) in [6, 6.07) is 3.88. The SMILES string of the molecule is CNc1cc(C)nc(Nc2cc3c(c(C4=CCNCCC4)c2C)OCO3)n1. The molecule has 0 radical (unpaired) electrons. The Labute approximate surface area is 159 Å². The number of nitrogens with zero attached hydrogens (tertiary/aromatic N) is 2. The predicted octanol–water partition coefficient (Wildman–Crippen LogP) is 3.37. The Balaban J connectivity index is 1.77. The molecule has 3 N–H and O–H groups in total. The van der Waals surface area contributed by atoms with Gasteiger partial charge in [-0.3, -0.25) is 0 Å². The fraction of sp³-hybridized carbons (Fsp3) is 0.400. The molecule has 0 fully saturated rings. The first-order chi connectivity index (χ1) is 13.2. The highest BCUT2D eigenvalue weighted by Gasteiger charge is 2.25. The summed E-state index contributed by atoms with van der Waals surface area (Å²) in [4.78, 5) is 9.02. The molecule has 1 aromatic carbocycles. The third-order valence-corrected chi connectivity index (χ3v) is 4.89. The van der Waals surface area contributed by atoms with Gasteiger partial charge in [-0.1, -0.05) is 6.08 Å². The number of hydrogen-bond donors (Lipinski definition) is 3. The van der Waals surface area contributed by atoms with Crippen LogP contribution in [0.4, 0.5) is 17.5 Å². The van der Waals surface area contributed by atoms with Crippen LogP contribution in [0.1, 0.15) is 29.7 Å². The monoisotopic (exact) mass is 367 g/mol. The van der Waals surface area contributed by atoms with Crippen LogP contribution in [0, 0.1) is 13.8 Å². The van der Waals surface area contributed by atoms with Gasteiger partial charge in [0.2, 0.25) is 12.7 Å². The van der Waals surface area contributed by atoms with E-state index in [4.69, 9.17) is 9.47 Å². The van der Waals surface area contributed by atoms with Gasteiger partial charge in [0.25, 0.3) is 0 Å². The summed E-state index contributed by atoms with van der Waals surface area (Å²) in [6.07, 6.45) is 4.37. The van der Waals surface area contributed by atoms with Crippen molar-refractivity contribution >= 4 is 23.0 Å². The van der Waals surface area contributed by atoms with E-state index in [-0.39, 0.29) is 6.79 Å². The molecule has 0 saturated heterocycles. The van der Waals surface area contributed by atoms with Crippen molar-refractivity contribution in [2.24, 2.45) is 0 Å². The van der Waals surface area contributed by atoms with E-state index in [1.807, 2.05) is 26.1 Å². The molecule has 0 amide bonds. The second-order valence-electron chi connectivity index (χ2n) is 6.79. The molecular weight excluding hydrogens is 342 g/mol. The Kier molecular flexibility index (Phi) is 4.85. The number of rotatable bonds is 4. The minimum atomic E-state index is 0.252. The maximum Gasteiger partial charge on any atom is 0.231 e. The average molecular weight is 367 g/mol. The van der Waals surface area contributed by atoms with Crippen LogP contribution < -0.4 is 25.4 Å². The van der Waals surface area contributed by atoms with Crippen molar-refractivity contribution in [3.8, 4) is 11.5 Å². The third kappa shape index (κ3) is 3.55. The number of anilines is 3. The van der Waals surface area contributed by atoms with Gasteiger partial charge < -0.3 is 25.4 Å². The molecule has 142 valence electrons. The van der Waals surface area contributed by atoms with Crippen molar-refractivity contribution in [3.63, 3.8) is 0 Å². The van der Waals surface area contributed by atoms with Crippen LogP contribution >= 0.6 is 0 Å². The van der Waals surface area contributed by atoms with E-state index in [0.29, 0.717) is 5.95 Å². The first-order valence-electron chi connectivity index (χ1n) is 9.29. The van der Waals surface area contributed by atoms with Crippen molar-refractivity contribution in [1.82, 2.24) is 15.3 Å². The molecule has 2 aliphatic heterocycles. The highest BCUT2D eigenvalue weighted by molar-refractivity contribution is 5.82. The maximum atomic E-state index is 5.81. The zero-order valence-corrected chi connectivity index (χ0v) is 16.0. The van der Waals surface area contributed by atoms with Gasteiger partial charge in [0.05, 0.1) is 0 Å². The molecule has 0 bridgehead atoms. The number of benzene rings is 1. The zero-order chi connectivity index (χ0) is 18.8. The van der Waals surface area contributed by atoms with Crippen LogP contribution in [-0.4, -0.2) is 36.9 Å². The van der Waals surface area contributed by atoms with Crippen LogP contribution in [-0.2, 0) is 0 Å². The fourth-order valence-corrected chi connectivity index (χ4v) is 3.56. The Morgan fingerprint density at radius 1 is 1.15 bits per heavy atom. The summed E-state index contributed by atoms with van der Waals surface area (Å²) in [5.41, 5.74) is 5.36. The topological polar surface area (TPSA) is 80.3 Å². The Morgan fingerprint density at radius 3 is 2.89 bits per heavy atom. The molecule has 27 heavy (non-hydrogen) atoms. The lowest BCUT2D eigenvalue weighted by Crippen LogP contribution is -2.12. The Morgan fingerprint density at radius 2 is 2.04 bits per heavy atom. The fourth-order valence-electron chi connectivity index (χ4n) is 3.56. The highest BCUT2D eigenvalue weighted by Crippen LogP contribution is 2.46. The lowest BCUT2D eigenvalue weighted by atomic mass is 9.94. The smallest absolute Gasteiger partial charge is 0.231 e. The normalized spacial score (nSPS) is 15.9. The molecule has 0 aliphatic carbocycles. The van der Waals surface area contributed by atoms with Crippen molar-refractivity contribution in [1.29, 1.82) is 0 Å². The molecule has 0 atom stereocenters. The predicted molar refractivity (Wildman–Crippen MR) is 107 cm³/mol. The summed E-state index contributed by atoms with van der Waals surface area (Å²) in [5, 5.41) is 9.86. The number of ether oxygens (including phenoxy) is 2. The number of allylic oxidation sites excluding steroid dienone is 1. The first-order valence-corrected chi connectivity index (χ1v) is 9.29. The van der Waals surface area contributed by atoms with Gasteiger partial charge in [-0.25, -0.2) is 4.98 Å². The van der Waals surface area contributed by atoms with Gasteiger partial charge in [0.15, 0.2) is 11.5 Å². The third-order valence-electron chi connectivity index (χ3n) is 4.89. The largest absolute Gasteiger partial charge is 0.453 e. The van der Waals surface area contributed by atoms with Crippen LogP contribution in [0.2, 0.25) is 0 Å². The van der Waals surface area contributed by atoms with E-state index in [1.165, 1.54) is 5.57 Å². The van der Waals surface area contributed by atoms with Gasteiger partial charge >= 0.3 is 0 Å². The summed E-state index contributed by atoms with van der Waals surface area (Å²) >= 11 is 0. The van der Waals surface area contributed by atoms with Crippen molar-refractivity contribution in [2.45, 2.75) is 26.7 Å². The zero-order valence-electron chi connectivity index (χ0n) is 16.0. The summed E-state index contributed by atoms with van der Waals surface area (Å²) in [5.74, 6) is 2.94. The highest BCUT2D eigenvalue weighted by atomic mass is 16.7. The van der Waals surface area contributed by atoms with E-state index in [2.05, 4.69) is 38.9 Å². The number of aryl methyl sites for hydroxylation is 1. The van der Waals surface area contributed by atoms with Gasteiger partial charge in [0.1, 0.15) is 5.82 Å². The Hall–Kier alpha value is -2.80. The summed E-state index contributed by atoms with van der Waals surface area (Å²) in [7, 11) is 1.85. The van der Waals surface area contributed by atoms with Gasteiger partial charge in [0, 0.05) is 42.7 Å². The minimum absolute atomic E-state index is 0.252. The number of hydrogen-bond acceptors (Lipinski definition) is 7. The molecule has 0 saturated carbocycles. The molecule has 2 aliphatic rings. The summed E-state index contributed by atoms with van der Waals surface area (Å²) < 4.78 is 11.5. The maximum absolute atomic E-state index is 5.81. The van der Waals surface area contributed by atoms with Crippen molar-refractivity contribution in [2.75, 3.05) is 37.6 Å². The van der Waals surface area contributed by atoms with Gasteiger partial charge in [-0.15, -0.1) is 0 Å². The number of aromatic nitrogens is 2. The molecule has 1 aromatic heterocycles. The molecule has 3 heterocycles. The molecule has 2 aromatic rings. The van der Waals surface area contributed by atoms with Crippen LogP contribution in [0.5, 0.6) is 11.5 Å². The van der Waals surface area contributed by atoms with Crippen LogP contribution in [0.3, 0.4) is 0 Å². The van der Waals surface area contributed by atoms with Crippen LogP contribution in [0.25, 0.3) is 5.57 Å². The quantitative estimate of drug-likeness (QED) is 0.764. The van der Waals surface area contributed by atoms with E-state index in [9.17, 15) is 0 Å². The van der Waals surface area contributed by atoms with E-state index in [1.54, 1.807) is 0 Å². The molecule has 0 unspecified atom stereocenters. The van der Waals surface area contributed by atoms with E-state index < -0.39 is 0 Å². The standard InChI is InChI=1S/C20H25N5O2/c1-12-9-17(21-3)25-20(23-12)24-15-10-16-19(27-11-26-16)18(13(15)2)14-5-4-7-22-8-6-14/h6,9-10,22H,4-5,7-8,11H2,1-3H3,(H2,21,23,24,25). The van der Waals surface area contributed by atoms with Crippen LogP contribution in [0.15, 0.2) is 18.2 Å². The lowest BCUT2D eigenvalue weighted by Gasteiger charge is -2.17. The molecule has 0 spiro atoms. The number of nitrogens with one attached hydrogen (secondary N) is 3. The second kappa shape index (κ2) is 7.44. The van der Waals surface area contributed by atoms with Crippen molar-refractivity contribution in [3.05, 3.63) is 35.0 Å². The van der Waals surface area contributed by atoms with E-state index >= 15 is 0 Å². The summed E-state index contributed by atoms with van der Waals surface area (Å²) in [6.45, 7) is 6.21.